The molecule has 33 heavy (non-hydrogen) atoms. The highest BCUT2D eigenvalue weighted by atomic mass is 16.5. The van der Waals surface area contributed by atoms with Crippen LogP contribution < -0.4 is 15.4 Å². The first-order chi connectivity index (χ1) is 15.5. The minimum absolute atomic E-state index is 0.111. The van der Waals surface area contributed by atoms with Crippen molar-refractivity contribution in [1.29, 1.82) is 0 Å². The predicted octanol–water partition coefficient (Wildman–Crippen LogP) is 3.15. The van der Waals surface area contributed by atoms with Crippen LogP contribution in [-0.4, -0.2) is 46.9 Å². The lowest BCUT2D eigenvalue weighted by molar-refractivity contribution is -0.148. The molecule has 0 radical (unpaired) electrons. The summed E-state index contributed by atoms with van der Waals surface area (Å²) in [4.78, 5) is 41.5. The molecular weight excluding hydrogens is 418 g/mol. The van der Waals surface area contributed by atoms with Crippen LogP contribution in [0.15, 0.2) is 30.9 Å². The fraction of sp³-hybridized carbons (Fsp3) is 0.500. The van der Waals surface area contributed by atoms with Crippen molar-refractivity contribution < 1.29 is 19.1 Å². The maximum Gasteiger partial charge on any atom is 0.245 e. The number of carbonyl (C=O) groups excluding carboxylic acids is 3. The van der Waals surface area contributed by atoms with Crippen LogP contribution in [0.1, 0.15) is 58.1 Å². The molecule has 0 aromatic heterocycles. The SMILES string of the molecule is C=CC(C)(C)C1(CC2NC(=O)C3CCCN3C2=O)C(=O)Nc2cc3c(cc21)C=CC(C)(C)O3. The number of benzene rings is 1. The van der Waals surface area contributed by atoms with E-state index in [1.54, 1.807) is 11.0 Å². The van der Waals surface area contributed by atoms with Crippen molar-refractivity contribution >= 4 is 29.5 Å². The molecule has 7 heteroatoms. The maximum absolute atomic E-state index is 13.7. The highest BCUT2D eigenvalue weighted by Crippen LogP contribution is 2.55. The van der Waals surface area contributed by atoms with E-state index < -0.39 is 22.5 Å². The van der Waals surface area contributed by atoms with Crippen LogP contribution in [0.2, 0.25) is 0 Å². The molecule has 3 amide bonds. The summed E-state index contributed by atoms with van der Waals surface area (Å²) in [6.45, 7) is 12.5. The number of nitrogens with zero attached hydrogens (tertiary/aromatic N) is 1. The molecule has 4 aliphatic rings. The molecule has 0 saturated carbocycles. The van der Waals surface area contributed by atoms with Gasteiger partial charge in [-0.05, 0) is 50.8 Å². The van der Waals surface area contributed by atoms with Crippen molar-refractivity contribution in [2.75, 3.05) is 11.9 Å². The standard InChI is InChI=1S/C26H31N3O4/c1-6-24(2,3)26(14-18-22(31)29-11-7-8-19(29)21(30)27-18)16-12-15-9-10-25(4,5)33-20(15)13-17(16)28-23(26)32/h6,9-10,12-13,18-19H,1,7-8,11,14H2,2-5H3,(H,27,30)(H,28,32). The average Bonchev–Trinajstić information content (AvgIpc) is 3.34. The zero-order chi connectivity index (χ0) is 23.8. The number of piperazine rings is 1. The fourth-order valence-corrected chi connectivity index (χ4v) is 5.79. The smallest absolute Gasteiger partial charge is 0.245 e. The van der Waals surface area contributed by atoms with Crippen LogP contribution >= 0.6 is 0 Å². The molecular formula is C26H31N3O4. The number of hydrogen-bond donors (Lipinski definition) is 2. The molecule has 4 aliphatic heterocycles. The van der Waals surface area contributed by atoms with Crippen molar-refractivity contribution in [1.82, 2.24) is 10.2 Å². The van der Waals surface area contributed by atoms with Crippen molar-refractivity contribution in [3.8, 4) is 5.75 Å². The Bertz CT molecular complexity index is 1120. The van der Waals surface area contributed by atoms with Gasteiger partial charge in [0.15, 0.2) is 0 Å². The molecule has 5 rings (SSSR count). The van der Waals surface area contributed by atoms with Gasteiger partial charge in [0.05, 0.1) is 5.41 Å². The minimum atomic E-state index is -1.08. The Hall–Kier alpha value is -3.09. The van der Waals surface area contributed by atoms with Crippen LogP contribution in [0.25, 0.3) is 6.08 Å². The Morgan fingerprint density at radius 1 is 1.27 bits per heavy atom. The Labute approximate surface area is 194 Å². The van der Waals surface area contributed by atoms with Crippen LogP contribution in [-0.2, 0) is 19.8 Å². The third-order valence-corrected chi connectivity index (χ3v) is 7.86. The van der Waals surface area contributed by atoms with Crippen LogP contribution in [0.5, 0.6) is 5.75 Å². The van der Waals surface area contributed by atoms with Gasteiger partial charge < -0.3 is 20.3 Å². The summed E-state index contributed by atoms with van der Waals surface area (Å²) < 4.78 is 6.11. The second-order valence-electron chi connectivity index (χ2n) is 10.7. The van der Waals surface area contributed by atoms with Crippen LogP contribution in [0.4, 0.5) is 5.69 Å². The molecule has 3 atom stereocenters. The Morgan fingerprint density at radius 2 is 2.03 bits per heavy atom. The van der Waals surface area contributed by atoms with E-state index in [4.69, 9.17) is 4.74 Å². The van der Waals surface area contributed by atoms with Gasteiger partial charge in [-0.15, -0.1) is 6.58 Å². The number of nitrogens with one attached hydrogen (secondary N) is 2. The molecule has 7 nitrogen and oxygen atoms in total. The summed E-state index contributed by atoms with van der Waals surface area (Å²) >= 11 is 0. The van der Waals surface area contributed by atoms with Crippen LogP contribution in [0, 0.1) is 5.41 Å². The highest BCUT2D eigenvalue weighted by molar-refractivity contribution is 6.08. The van der Waals surface area contributed by atoms with E-state index in [1.807, 2.05) is 52.0 Å². The second-order valence-corrected chi connectivity index (χ2v) is 10.7. The molecule has 2 N–H and O–H groups in total. The molecule has 0 spiro atoms. The molecule has 4 heterocycles. The average molecular weight is 450 g/mol. The summed E-state index contributed by atoms with van der Waals surface area (Å²) in [6.07, 6.45) is 7.43. The topological polar surface area (TPSA) is 87.7 Å². The third-order valence-electron chi connectivity index (χ3n) is 7.86. The summed E-state index contributed by atoms with van der Waals surface area (Å²) in [5.74, 6) is 0.265. The van der Waals surface area contributed by atoms with E-state index in [0.29, 0.717) is 24.4 Å². The Kier molecular flexibility index (Phi) is 4.58. The first-order valence-electron chi connectivity index (χ1n) is 11.6. The Morgan fingerprint density at radius 3 is 2.76 bits per heavy atom. The maximum atomic E-state index is 13.7. The lowest BCUT2D eigenvalue weighted by atomic mass is 9.59. The van der Waals surface area contributed by atoms with Gasteiger partial charge in [-0.25, -0.2) is 0 Å². The number of amides is 3. The van der Waals surface area contributed by atoms with E-state index in [1.165, 1.54) is 0 Å². The van der Waals surface area contributed by atoms with Gasteiger partial charge >= 0.3 is 0 Å². The van der Waals surface area contributed by atoms with Gasteiger partial charge in [-0.2, -0.15) is 0 Å². The molecule has 2 saturated heterocycles. The molecule has 174 valence electrons. The third kappa shape index (κ3) is 3.05. The van der Waals surface area contributed by atoms with Crippen LogP contribution in [0.3, 0.4) is 0 Å². The largest absolute Gasteiger partial charge is 0.483 e. The summed E-state index contributed by atoms with van der Waals surface area (Å²) in [5, 5.41) is 5.97. The van der Waals surface area contributed by atoms with Gasteiger partial charge in [0.25, 0.3) is 0 Å². The fourth-order valence-electron chi connectivity index (χ4n) is 5.79. The second kappa shape index (κ2) is 6.95. The zero-order valence-electron chi connectivity index (χ0n) is 19.7. The summed E-state index contributed by atoms with van der Waals surface area (Å²) in [5.41, 5.74) is 0.143. The molecule has 2 fully saturated rings. The summed E-state index contributed by atoms with van der Waals surface area (Å²) in [7, 11) is 0. The number of allylic oxidation sites excluding steroid dienone is 1. The van der Waals surface area contributed by atoms with Gasteiger partial charge in [0, 0.05) is 29.3 Å². The van der Waals surface area contributed by atoms with Gasteiger partial charge in [-0.1, -0.05) is 26.0 Å². The number of fused-ring (bicyclic) bond motifs is 3. The van der Waals surface area contributed by atoms with Gasteiger partial charge in [0.2, 0.25) is 17.7 Å². The zero-order valence-corrected chi connectivity index (χ0v) is 19.7. The number of anilines is 1. The molecule has 0 bridgehead atoms. The first kappa shape index (κ1) is 21.7. The highest BCUT2D eigenvalue weighted by Gasteiger charge is 2.58. The summed E-state index contributed by atoms with van der Waals surface area (Å²) in [6, 6.07) is 2.68. The molecule has 3 unspecified atom stereocenters. The predicted molar refractivity (Wildman–Crippen MR) is 126 cm³/mol. The number of rotatable bonds is 4. The molecule has 1 aromatic carbocycles. The van der Waals surface area contributed by atoms with E-state index in [0.717, 1.165) is 17.5 Å². The van der Waals surface area contributed by atoms with E-state index in [9.17, 15) is 14.4 Å². The quantitative estimate of drug-likeness (QED) is 0.692. The van der Waals surface area contributed by atoms with Crippen molar-refractivity contribution in [3.05, 3.63) is 42.0 Å². The van der Waals surface area contributed by atoms with Crippen molar-refractivity contribution in [2.45, 2.75) is 70.1 Å². The first-order valence-corrected chi connectivity index (χ1v) is 11.6. The number of hydrogen-bond acceptors (Lipinski definition) is 4. The Balaban J connectivity index is 1.61. The van der Waals surface area contributed by atoms with Crippen molar-refractivity contribution in [3.63, 3.8) is 0 Å². The van der Waals surface area contributed by atoms with Gasteiger partial charge in [0.1, 0.15) is 23.4 Å². The minimum Gasteiger partial charge on any atom is -0.483 e. The molecule has 0 aliphatic carbocycles. The molecule has 1 aromatic rings. The number of ether oxygens (including phenoxy) is 1. The van der Waals surface area contributed by atoms with Gasteiger partial charge in [-0.3, -0.25) is 14.4 Å². The normalized spacial score (nSPS) is 29.6. The lowest BCUT2D eigenvalue weighted by Crippen LogP contribution is -2.63. The monoisotopic (exact) mass is 449 g/mol. The van der Waals surface area contributed by atoms with E-state index >= 15 is 0 Å². The number of carbonyl (C=O) groups is 3. The van der Waals surface area contributed by atoms with E-state index in [2.05, 4.69) is 17.2 Å². The van der Waals surface area contributed by atoms with E-state index in [-0.39, 0.29) is 30.2 Å². The lowest BCUT2D eigenvalue weighted by Gasteiger charge is -2.45. The van der Waals surface area contributed by atoms with Crippen molar-refractivity contribution in [2.24, 2.45) is 5.41 Å².